The van der Waals surface area contributed by atoms with Gasteiger partial charge in [0, 0.05) is 5.57 Å². The minimum Gasteiger partial charge on any atom is -0.192 e. The molecule has 0 fully saturated rings. The van der Waals surface area contributed by atoms with Gasteiger partial charge in [-0.15, -0.1) is 0 Å². The molecule has 0 aromatic heterocycles. The fourth-order valence-corrected chi connectivity index (χ4v) is 0.720. The second-order valence-corrected chi connectivity index (χ2v) is 2.03. The van der Waals surface area contributed by atoms with Crippen LogP contribution in [0.3, 0.4) is 0 Å². The fraction of sp³-hybridized carbons (Fsp3) is 0.286. The van der Waals surface area contributed by atoms with Gasteiger partial charge in [-0.2, -0.15) is 5.26 Å². The Hall–Kier alpha value is -0.965. The molecule has 0 bridgehead atoms. The smallest absolute Gasteiger partial charge is 0.0988 e. The average molecular weight is 115 g/mol. The first-order valence-electron chi connectivity index (χ1n) is 2.87. The van der Waals surface area contributed by atoms with Crippen LogP contribution in [0.15, 0.2) is 23.8 Å². The maximum atomic E-state index is 8.37. The summed E-state index contributed by atoms with van der Waals surface area (Å²) < 4.78 is 0. The molecule has 1 aliphatic rings. The molecule has 0 saturated heterocycles. The third-order valence-electron chi connectivity index (χ3n) is 1.26. The van der Waals surface area contributed by atoms with Crippen LogP contribution < -0.4 is 0 Å². The SMILES string of the molecule is [B]C1C=CC(C#N)=CC1. The molecule has 0 aromatic carbocycles. The zero-order chi connectivity index (χ0) is 6.69. The predicted molar refractivity (Wildman–Crippen MR) is 37.0 cm³/mol. The van der Waals surface area contributed by atoms with Crippen LogP contribution in [0.4, 0.5) is 0 Å². The summed E-state index contributed by atoms with van der Waals surface area (Å²) in [6.07, 6.45) is 6.25. The third-order valence-corrected chi connectivity index (χ3v) is 1.26. The highest BCUT2D eigenvalue weighted by molar-refractivity contribution is 6.13. The van der Waals surface area contributed by atoms with Gasteiger partial charge in [-0.25, -0.2) is 0 Å². The Kier molecular flexibility index (Phi) is 1.74. The normalized spacial score (nSPS) is 24.8. The van der Waals surface area contributed by atoms with Gasteiger partial charge in [0.2, 0.25) is 0 Å². The quantitative estimate of drug-likeness (QED) is 0.437. The van der Waals surface area contributed by atoms with Crippen molar-refractivity contribution in [1.82, 2.24) is 0 Å². The van der Waals surface area contributed by atoms with E-state index in [2.05, 4.69) is 0 Å². The second-order valence-electron chi connectivity index (χ2n) is 2.03. The van der Waals surface area contributed by atoms with Gasteiger partial charge in [0.1, 0.15) is 0 Å². The molecule has 0 amide bonds. The minimum atomic E-state index is 0.113. The zero-order valence-electron chi connectivity index (χ0n) is 5.04. The highest BCUT2D eigenvalue weighted by atomic mass is 14.2. The van der Waals surface area contributed by atoms with Crippen LogP contribution in [0.1, 0.15) is 6.42 Å². The summed E-state index contributed by atoms with van der Waals surface area (Å²) in [5.41, 5.74) is 0.719. The maximum Gasteiger partial charge on any atom is 0.0988 e. The molecule has 42 valence electrons. The Bertz CT molecular complexity index is 197. The first-order chi connectivity index (χ1) is 4.33. The molecule has 1 nitrogen and oxygen atoms in total. The first-order valence-corrected chi connectivity index (χ1v) is 2.87. The van der Waals surface area contributed by atoms with E-state index in [4.69, 9.17) is 13.1 Å². The Morgan fingerprint density at radius 2 is 2.56 bits per heavy atom. The lowest BCUT2D eigenvalue weighted by Gasteiger charge is -2.05. The summed E-state index contributed by atoms with van der Waals surface area (Å²) >= 11 is 0. The van der Waals surface area contributed by atoms with E-state index >= 15 is 0 Å². The molecule has 2 heteroatoms. The number of nitrogens with zero attached hydrogens (tertiary/aromatic N) is 1. The summed E-state index contributed by atoms with van der Waals surface area (Å²) in [7, 11) is 5.51. The van der Waals surface area contributed by atoms with Gasteiger partial charge in [-0.3, -0.25) is 0 Å². The summed E-state index contributed by atoms with van der Waals surface area (Å²) in [5.74, 6) is 0.113. The summed E-state index contributed by atoms with van der Waals surface area (Å²) in [5, 5.41) is 8.37. The lowest BCUT2D eigenvalue weighted by Crippen LogP contribution is -1.90. The van der Waals surface area contributed by atoms with E-state index in [9.17, 15) is 0 Å². The molecule has 0 aromatic rings. The van der Waals surface area contributed by atoms with Crippen molar-refractivity contribution in [2.45, 2.75) is 12.2 Å². The van der Waals surface area contributed by atoms with Gasteiger partial charge in [-0.05, 0) is 12.5 Å². The molecule has 2 radical (unpaired) electrons. The molecule has 1 unspecified atom stereocenters. The van der Waals surface area contributed by atoms with E-state index in [1.165, 1.54) is 0 Å². The second kappa shape index (κ2) is 2.54. The Balaban J connectivity index is 2.66. The fourth-order valence-electron chi connectivity index (χ4n) is 0.720. The maximum absolute atomic E-state index is 8.37. The van der Waals surface area contributed by atoms with E-state index in [1.807, 2.05) is 18.2 Å². The Morgan fingerprint density at radius 3 is 3.00 bits per heavy atom. The number of allylic oxidation sites excluding steroid dienone is 4. The van der Waals surface area contributed by atoms with Gasteiger partial charge in [0.25, 0.3) is 0 Å². The van der Waals surface area contributed by atoms with Crippen LogP contribution in [-0.2, 0) is 0 Å². The van der Waals surface area contributed by atoms with Gasteiger partial charge < -0.3 is 0 Å². The lowest BCUT2D eigenvalue weighted by molar-refractivity contribution is 1.02. The van der Waals surface area contributed by atoms with Crippen molar-refractivity contribution in [3.63, 3.8) is 0 Å². The molecule has 1 rings (SSSR count). The van der Waals surface area contributed by atoms with E-state index in [0.717, 1.165) is 12.0 Å². The Labute approximate surface area is 56.1 Å². The Morgan fingerprint density at radius 1 is 1.78 bits per heavy atom. The zero-order valence-corrected chi connectivity index (χ0v) is 5.04. The number of hydrogen-bond acceptors (Lipinski definition) is 1. The van der Waals surface area contributed by atoms with Crippen molar-refractivity contribution in [1.29, 1.82) is 5.26 Å². The van der Waals surface area contributed by atoms with E-state index in [0.29, 0.717) is 0 Å². The summed E-state index contributed by atoms with van der Waals surface area (Å²) in [4.78, 5) is 0. The van der Waals surface area contributed by atoms with Crippen molar-refractivity contribution < 1.29 is 0 Å². The van der Waals surface area contributed by atoms with Gasteiger partial charge in [0.15, 0.2) is 0 Å². The molecule has 9 heavy (non-hydrogen) atoms. The molecule has 0 heterocycles. The molecule has 0 saturated carbocycles. The first kappa shape index (κ1) is 6.16. The van der Waals surface area contributed by atoms with Crippen molar-refractivity contribution in [2.75, 3.05) is 0 Å². The van der Waals surface area contributed by atoms with E-state index in [-0.39, 0.29) is 5.82 Å². The monoisotopic (exact) mass is 115 g/mol. The standard InChI is InChI=1S/C7H6BN/c8-7-3-1-6(5-9)2-4-7/h1-3,7H,4H2. The van der Waals surface area contributed by atoms with Gasteiger partial charge >= 0.3 is 0 Å². The average Bonchev–Trinajstić information content (AvgIpc) is 1.90. The summed E-state index contributed by atoms with van der Waals surface area (Å²) in [6, 6.07) is 2.04. The third kappa shape index (κ3) is 1.46. The lowest BCUT2D eigenvalue weighted by atomic mass is 9.81. The molecule has 1 atom stereocenters. The molecular formula is C7H6BN. The molecule has 1 aliphatic carbocycles. The van der Waals surface area contributed by atoms with Crippen LogP contribution >= 0.6 is 0 Å². The van der Waals surface area contributed by atoms with Crippen LogP contribution in [0.2, 0.25) is 5.82 Å². The highest BCUT2D eigenvalue weighted by Gasteiger charge is 2.00. The largest absolute Gasteiger partial charge is 0.192 e. The number of rotatable bonds is 0. The highest BCUT2D eigenvalue weighted by Crippen LogP contribution is 2.16. The van der Waals surface area contributed by atoms with Crippen LogP contribution in [-0.4, -0.2) is 7.85 Å². The molecule has 0 spiro atoms. The summed E-state index contributed by atoms with van der Waals surface area (Å²) in [6.45, 7) is 0. The predicted octanol–water partition coefficient (Wildman–Crippen LogP) is 1.35. The van der Waals surface area contributed by atoms with Gasteiger partial charge in [0.05, 0.1) is 13.9 Å². The number of nitriles is 1. The molecule has 0 N–H and O–H groups in total. The van der Waals surface area contributed by atoms with Crippen molar-refractivity contribution in [3.8, 4) is 6.07 Å². The molecule has 0 aliphatic heterocycles. The van der Waals surface area contributed by atoms with Crippen LogP contribution in [0, 0.1) is 11.3 Å². The van der Waals surface area contributed by atoms with Gasteiger partial charge in [-0.1, -0.05) is 18.0 Å². The van der Waals surface area contributed by atoms with E-state index in [1.54, 1.807) is 6.08 Å². The van der Waals surface area contributed by atoms with Crippen molar-refractivity contribution in [3.05, 3.63) is 23.8 Å². The van der Waals surface area contributed by atoms with Crippen molar-refractivity contribution >= 4 is 7.85 Å². The van der Waals surface area contributed by atoms with E-state index < -0.39 is 0 Å². The number of hydrogen-bond donors (Lipinski definition) is 0. The van der Waals surface area contributed by atoms with Crippen LogP contribution in [0.5, 0.6) is 0 Å². The van der Waals surface area contributed by atoms with Crippen molar-refractivity contribution in [2.24, 2.45) is 0 Å². The minimum absolute atomic E-state index is 0.113. The van der Waals surface area contributed by atoms with Crippen LogP contribution in [0.25, 0.3) is 0 Å². The topological polar surface area (TPSA) is 23.8 Å². The molecular weight excluding hydrogens is 109 g/mol.